The van der Waals surface area contributed by atoms with E-state index in [1.54, 1.807) is 0 Å². The zero-order valence-electron chi connectivity index (χ0n) is 9.18. The molecule has 80 valence electrons. The Morgan fingerprint density at radius 3 is 1.75 bits per heavy atom. The van der Waals surface area contributed by atoms with Crippen molar-refractivity contribution in [1.29, 1.82) is 0 Å². The summed E-state index contributed by atoms with van der Waals surface area (Å²) in [5, 5.41) is 2.08. The molecule has 0 unspecified atom stereocenters. The maximum absolute atomic E-state index is 13.0. The molecular weight excluding hydrogens is 215 g/mol. The first-order valence-corrected chi connectivity index (χ1v) is 7.45. The molecule has 0 aromatic heterocycles. The van der Waals surface area contributed by atoms with E-state index in [4.69, 9.17) is 0 Å². The minimum Gasteiger partial charge on any atom is -0.314 e. The van der Waals surface area contributed by atoms with Crippen LogP contribution in [0.15, 0.2) is 48.5 Å². The molecule has 2 heteroatoms. The first-order valence-electron chi connectivity index (χ1n) is 5.56. The van der Waals surface area contributed by atoms with Crippen LogP contribution in [0.3, 0.4) is 0 Å². The summed E-state index contributed by atoms with van der Waals surface area (Å²) in [6, 6.07) is 16.2. The average molecular weight is 228 g/mol. The van der Waals surface area contributed by atoms with Crippen LogP contribution in [-0.2, 0) is 4.57 Å². The Morgan fingerprint density at radius 1 is 0.875 bits per heavy atom. The molecule has 1 heterocycles. The lowest BCUT2D eigenvalue weighted by Gasteiger charge is -2.11. The van der Waals surface area contributed by atoms with Gasteiger partial charge in [0.1, 0.15) is 7.14 Å². The second-order valence-corrected chi connectivity index (χ2v) is 7.17. The average Bonchev–Trinajstić information content (AvgIpc) is 2.62. The minimum absolute atomic E-state index is 0.709. The molecule has 0 bridgehead atoms. The van der Waals surface area contributed by atoms with Crippen molar-refractivity contribution in [2.45, 2.75) is 6.92 Å². The highest BCUT2D eigenvalue weighted by atomic mass is 31.2. The molecule has 1 nitrogen and oxygen atoms in total. The molecule has 0 saturated carbocycles. The molecule has 16 heavy (non-hydrogen) atoms. The number of fused-ring (bicyclic) bond motifs is 3. The number of hydrogen-bond donors (Lipinski definition) is 0. The van der Waals surface area contributed by atoms with Crippen LogP contribution in [0.25, 0.3) is 11.1 Å². The van der Waals surface area contributed by atoms with Crippen LogP contribution in [0.5, 0.6) is 0 Å². The quantitative estimate of drug-likeness (QED) is 0.686. The van der Waals surface area contributed by atoms with Crippen LogP contribution in [0.2, 0.25) is 0 Å². The van der Waals surface area contributed by atoms with Crippen molar-refractivity contribution in [2.75, 3.05) is 6.16 Å². The molecule has 0 aliphatic carbocycles. The third-order valence-electron chi connectivity index (χ3n) is 3.32. The first-order chi connectivity index (χ1) is 7.77. The van der Waals surface area contributed by atoms with Crippen LogP contribution in [-0.4, -0.2) is 6.16 Å². The van der Waals surface area contributed by atoms with Gasteiger partial charge >= 0.3 is 0 Å². The second kappa shape index (κ2) is 3.33. The third kappa shape index (κ3) is 1.10. The Morgan fingerprint density at radius 2 is 1.31 bits per heavy atom. The normalized spacial score (nSPS) is 15.6. The van der Waals surface area contributed by atoms with E-state index < -0.39 is 7.14 Å². The zero-order chi connectivity index (χ0) is 11.2. The van der Waals surface area contributed by atoms with Gasteiger partial charge in [-0.1, -0.05) is 55.5 Å². The lowest BCUT2D eigenvalue weighted by molar-refractivity contribution is 0.588. The van der Waals surface area contributed by atoms with E-state index in [-0.39, 0.29) is 0 Å². The highest BCUT2D eigenvalue weighted by molar-refractivity contribution is 7.79. The van der Waals surface area contributed by atoms with Gasteiger partial charge in [-0.25, -0.2) is 0 Å². The Hall–Kier alpha value is -1.33. The van der Waals surface area contributed by atoms with Gasteiger partial charge in [-0.15, -0.1) is 0 Å². The molecular formula is C14H13OP. The fourth-order valence-corrected chi connectivity index (χ4v) is 5.27. The molecule has 1 aliphatic heterocycles. The third-order valence-corrected chi connectivity index (χ3v) is 6.55. The van der Waals surface area contributed by atoms with Gasteiger partial charge in [0.25, 0.3) is 0 Å². The predicted molar refractivity (Wildman–Crippen MR) is 69.3 cm³/mol. The molecule has 0 N–H and O–H groups in total. The van der Waals surface area contributed by atoms with Crippen molar-refractivity contribution in [3.8, 4) is 11.1 Å². The van der Waals surface area contributed by atoms with Gasteiger partial charge in [-0.05, 0) is 11.1 Å². The van der Waals surface area contributed by atoms with Crippen molar-refractivity contribution >= 4 is 17.8 Å². The second-order valence-electron chi connectivity index (χ2n) is 4.09. The van der Waals surface area contributed by atoms with E-state index >= 15 is 0 Å². The number of benzene rings is 2. The molecule has 1 aliphatic rings. The van der Waals surface area contributed by atoms with Gasteiger partial charge in [0, 0.05) is 16.8 Å². The molecule has 2 aromatic carbocycles. The van der Waals surface area contributed by atoms with Crippen molar-refractivity contribution in [2.24, 2.45) is 0 Å². The summed E-state index contributed by atoms with van der Waals surface area (Å²) in [6.07, 6.45) is 0.709. The Balaban J connectivity index is 2.44. The number of rotatable bonds is 1. The predicted octanol–water partition coefficient (Wildman–Crippen LogP) is 3.00. The highest BCUT2D eigenvalue weighted by Crippen LogP contribution is 2.52. The fraction of sp³-hybridized carbons (Fsp3) is 0.143. The van der Waals surface area contributed by atoms with E-state index in [1.807, 2.05) is 43.3 Å². The summed E-state index contributed by atoms with van der Waals surface area (Å²) >= 11 is 0. The molecule has 0 radical (unpaired) electrons. The summed E-state index contributed by atoms with van der Waals surface area (Å²) in [4.78, 5) is 0. The van der Waals surface area contributed by atoms with Crippen LogP contribution >= 0.6 is 7.14 Å². The van der Waals surface area contributed by atoms with Gasteiger partial charge < -0.3 is 4.57 Å². The van der Waals surface area contributed by atoms with E-state index in [0.29, 0.717) is 6.16 Å². The molecule has 0 atom stereocenters. The van der Waals surface area contributed by atoms with Crippen LogP contribution in [0.1, 0.15) is 6.92 Å². The maximum atomic E-state index is 13.0. The van der Waals surface area contributed by atoms with Crippen molar-refractivity contribution in [3.63, 3.8) is 0 Å². The van der Waals surface area contributed by atoms with E-state index in [9.17, 15) is 4.57 Å². The SMILES string of the molecule is CCP1(=O)c2ccccc2-c2ccccc21. The van der Waals surface area contributed by atoms with Crippen molar-refractivity contribution in [3.05, 3.63) is 48.5 Å². The van der Waals surface area contributed by atoms with Gasteiger partial charge in [0.05, 0.1) is 0 Å². The summed E-state index contributed by atoms with van der Waals surface area (Å²) < 4.78 is 13.0. The number of hydrogen-bond acceptors (Lipinski definition) is 1. The standard InChI is InChI=1S/C14H13OP/c1-2-16(15)13-9-5-3-7-11(13)12-8-4-6-10-14(12)16/h3-10H,2H2,1H3. The van der Waals surface area contributed by atoms with Gasteiger partial charge in [0.2, 0.25) is 0 Å². The topological polar surface area (TPSA) is 17.1 Å². The summed E-state index contributed by atoms with van der Waals surface area (Å²) in [5.74, 6) is 0. The molecule has 0 saturated heterocycles. The van der Waals surface area contributed by atoms with Gasteiger partial charge in [-0.3, -0.25) is 0 Å². The minimum atomic E-state index is -2.33. The Bertz CT molecular complexity index is 552. The van der Waals surface area contributed by atoms with Crippen LogP contribution in [0.4, 0.5) is 0 Å². The summed E-state index contributed by atoms with van der Waals surface area (Å²) in [6.45, 7) is 2.01. The van der Waals surface area contributed by atoms with Gasteiger partial charge in [-0.2, -0.15) is 0 Å². The monoisotopic (exact) mass is 228 g/mol. The van der Waals surface area contributed by atoms with Crippen LogP contribution in [0, 0.1) is 0 Å². The molecule has 0 amide bonds. The van der Waals surface area contributed by atoms with Crippen molar-refractivity contribution < 1.29 is 4.57 Å². The molecule has 2 aromatic rings. The fourth-order valence-electron chi connectivity index (χ4n) is 2.50. The van der Waals surface area contributed by atoms with Crippen molar-refractivity contribution in [1.82, 2.24) is 0 Å². The van der Waals surface area contributed by atoms with Gasteiger partial charge in [0.15, 0.2) is 0 Å². The lowest BCUT2D eigenvalue weighted by atomic mass is 10.1. The maximum Gasteiger partial charge on any atom is 0.144 e. The molecule has 0 spiro atoms. The highest BCUT2D eigenvalue weighted by Gasteiger charge is 2.36. The lowest BCUT2D eigenvalue weighted by Crippen LogP contribution is -2.11. The van der Waals surface area contributed by atoms with E-state index in [1.165, 1.54) is 0 Å². The largest absolute Gasteiger partial charge is 0.314 e. The Labute approximate surface area is 95.5 Å². The van der Waals surface area contributed by atoms with E-state index in [0.717, 1.165) is 21.7 Å². The van der Waals surface area contributed by atoms with E-state index in [2.05, 4.69) is 12.1 Å². The zero-order valence-corrected chi connectivity index (χ0v) is 10.1. The first kappa shape index (κ1) is 9.86. The Kier molecular flexibility index (Phi) is 2.05. The molecule has 0 fully saturated rings. The van der Waals surface area contributed by atoms with Crippen LogP contribution < -0.4 is 10.6 Å². The summed E-state index contributed by atoms with van der Waals surface area (Å²) in [7, 11) is -2.33. The smallest absolute Gasteiger partial charge is 0.144 e. The summed E-state index contributed by atoms with van der Waals surface area (Å²) in [5.41, 5.74) is 2.31. The molecule has 3 rings (SSSR count).